The molecule has 1 unspecified atom stereocenters. The molecule has 1 aliphatic carbocycles. The van der Waals surface area contributed by atoms with Crippen molar-refractivity contribution in [2.24, 2.45) is 5.41 Å². The fraction of sp³-hybridized carbons (Fsp3) is 0.476. The minimum Gasteiger partial charge on any atom is -0.493 e. The SMILES string of the molecule is COc1cc2c(cc1OC)OC1=C(C(=O)C2)C2(CCN(C)CC2)C(F)C=C1. The van der Waals surface area contributed by atoms with Crippen LogP contribution < -0.4 is 14.2 Å². The van der Waals surface area contributed by atoms with E-state index >= 15 is 4.39 Å². The summed E-state index contributed by atoms with van der Waals surface area (Å²) < 4.78 is 31.9. The summed E-state index contributed by atoms with van der Waals surface area (Å²) in [5.74, 6) is 2.01. The van der Waals surface area contributed by atoms with Crippen LogP contribution in [0.15, 0.2) is 35.6 Å². The van der Waals surface area contributed by atoms with E-state index in [4.69, 9.17) is 14.2 Å². The lowest BCUT2D eigenvalue weighted by Crippen LogP contribution is -2.47. The minimum absolute atomic E-state index is 0.0764. The van der Waals surface area contributed by atoms with Gasteiger partial charge in [-0.2, -0.15) is 0 Å². The van der Waals surface area contributed by atoms with Crippen molar-refractivity contribution in [3.8, 4) is 17.2 Å². The maximum absolute atomic E-state index is 15.1. The molecule has 1 atom stereocenters. The summed E-state index contributed by atoms with van der Waals surface area (Å²) >= 11 is 0. The number of nitrogens with zero attached hydrogens (tertiary/aromatic N) is 1. The van der Waals surface area contributed by atoms with E-state index in [1.54, 1.807) is 32.4 Å². The second kappa shape index (κ2) is 6.68. The van der Waals surface area contributed by atoms with Gasteiger partial charge >= 0.3 is 0 Å². The molecule has 5 nitrogen and oxygen atoms in total. The number of rotatable bonds is 2. The summed E-state index contributed by atoms with van der Waals surface area (Å²) in [5, 5.41) is 0. The van der Waals surface area contributed by atoms with Gasteiger partial charge in [0, 0.05) is 29.0 Å². The van der Waals surface area contributed by atoms with Crippen LogP contribution in [0.25, 0.3) is 0 Å². The molecular weight excluding hydrogens is 349 g/mol. The number of halogens is 1. The average Bonchev–Trinajstić information content (AvgIpc) is 2.81. The third-order valence-corrected chi connectivity index (χ3v) is 5.98. The molecule has 0 N–H and O–H groups in total. The molecule has 1 saturated heterocycles. The van der Waals surface area contributed by atoms with Crippen molar-refractivity contribution >= 4 is 5.78 Å². The third kappa shape index (κ3) is 2.83. The smallest absolute Gasteiger partial charge is 0.167 e. The van der Waals surface area contributed by atoms with Crippen LogP contribution in [-0.2, 0) is 11.2 Å². The number of ketones is 1. The van der Waals surface area contributed by atoms with E-state index in [1.165, 1.54) is 6.08 Å². The number of hydrogen-bond acceptors (Lipinski definition) is 5. The predicted octanol–water partition coefficient (Wildman–Crippen LogP) is 3.08. The zero-order chi connectivity index (χ0) is 19.2. The lowest BCUT2D eigenvalue weighted by atomic mass is 9.65. The molecule has 1 spiro atoms. The summed E-state index contributed by atoms with van der Waals surface area (Å²) in [6.07, 6.45) is 3.32. The van der Waals surface area contributed by atoms with E-state index in [-0.39, 0.29) is 12.2 Å². The van der Waals surface area contributed by atoms with Gasteiger partial charge in [-0.3, -0.25) is 4.79 Å². The first-order valence-corrected chi connectivity index (χ1v) is 9.20. The van der Waals surface area contributed by atoms with E-state index in [9.17, 15) is 4.79 Å². The van der Waals surface area contributed by atoms with Crippen LogP contribution in [0, 0.1) is 5.41 Å². The second-order valence-corrected chi connectivity index (χ2v) is 7.48. The Hall–Kier alpha value is -2.34. The number of likely N-dealkylation sites (tertiary alicyclic amines) is 1. The number of alkyl halides is 1. The highest BCUT2D eigenvalue weighted by Crippen LogP contribution is 2.50. The molecule has 0 saturated carbocycles. The molecule has 4 rings (SSSR count). The number of allylic oxidation sites excluding steroid dienone is 3. The molecule has 144 valence electrons. The molecule has 1 aromatic carbocycles. The fourth-order valence-electron chi connectivity index (χ4n) is 4.38. The molecule has 0 bridgehead atoms. The number of benzene rings is 1. The van der Waals surface area contributed by atoms with Gasteiger partial charge in [-0.05, 0) is 51.2 Å². The van der Waals surface area contributed by atoms with Gasteiger partial charge in [0.2, 0.25) is 0 Å². The summed E-state index contributed by atoms with van der Waals surface area (Å²) in [6, 6.07) is 3.50. The highest BCUT2D eigenvalue weighted by atomic mass is 19.1. The third-order valence-electron chi connectivity index (χ3n) is 5.98. The van der Waals surface area contributed by atoms with E-state index in [2.05, 4.69) is 4.90 Å². The standard InChI is InChI=1S/C21H24FNO4/c1-23-8-6-21(7-9-23)19(22)5-4-15-20(21)14(24)10-13-11-17(25-2)18(26-3)12-16(13)27-15/h4-5,11-12,19H,6-10H2,1-3H3. The molecule has 0 amide bonds. The Bertz CT molecular complexity index is 837. The quantitative estimate of drug-likeness (QED) is 0.797. The Morgan fingerprint density at radius 1 is 1.19 bits per heavy atom. The van der Waals surface area contributed by atoms with Crippen LogP contribution in [0.4, 0.5) is 4.39 Å². The van der Waals surface area contributed by atoms with Gasteiger partial charge in [0.25, 0.3) is 0 Å². The molecule has 6 heteroatoms. The van der Waals surface area contributed by atoms with Gasteiger partial charge in [-0.25, -0.2) is 4.39 Å². The van der Waals surface area contributed by atoms with Crippen LogP contribution in [-0.4, -0.2) is 51.2 Å². The predicted molar refractivity (Wildman–Crippen MR) is 99.1 cm³/mol. The summed E-state index contributed by atoms with van der Waals surface area (Å²) in [5.41, 5.74) is 0.419. The lowest BCUT2D eigenvalue weighted by molar-refractivity contribution is -0.117. The number of Topliss-reactive ketones (excluding diaryl/α,β-unsaturated/α-hetero) is 1. The van der Waals surface area contributed by atoms with Crippen molar-refractivity contribution in [1.82, 2.24) is 4.90 Å². The Labute approximate surface area is 158 Å². The van der Waals surface area contributed by atoms with E-state index in [0.29, 0.717) is 41.4 Å². The van der Waals surface area contributed by atoms with Gasteiger partial charge in [0.05, 0.1) is 14.2 Å². The fourth-order valence-corrected chi connectivity index (χ4v) is 4.38. The lowest BCUT2D eigenvalue weighted by Gasteiger charge is -2.44. The van der Waals surface area contributed by atoms with Crippen LogP contribution in [0.2, 0.25) is 0 Å². The van der Waals surface area contributed by atoms with Crippen LogP contribution in [0.3, 0.4) is 0 Å². The number of methoxy groups -OCH3 is 2. The molecule has 27 heavy (non-hydrogen) atoms. The topological polar surface area (TPSA) is 48.0 Å². The van der Waals surface area contributed by atoms with Gasteiger partial charge in [-0.1, -0.05) is 0 Å². The van der Waals surface area contributed by atoms with Crippen molar-refractivity contribution in [3.63, 3.8) is 0 Å². The maximum Gasteiger partial charge on any atom is 0.167 e. The minimum atomic E-state index is -1.18. The number of carbonyl (C=O) groups is 1. The van der Waals surface area contributed by atoms with Gasteiger partial charge in [-0.15, -0.1) is 0 Å². The van der Waals surface area contributed by atoms with Crippen molar-refractivity contribution in [2.45, 2.75) is 25.4 Å². The van der Waals surface area contributed by atoms with E-state index < -0.39 is 11.6 Å². The van der Waals surface area contributed by atoms with E-state index in [0.717, 1.165) is 18.7 Å². The largest absolute Gasteiger partial charge is 0.493 e. The maximum atomic E-state index is 15.1. The highest BCUT2D eigenvalue weighted by Gasteiger charge is 2.50. The van der Waals surface area contributed by atoms with Crippen LogP contribution >= 0.6 is 0 Å². The number of hydrogen-bond donors (Lipinski definition) is 0. The molecule has 0 radical (unpaired) electrons. The van der Waals surface area contributed by atoms with Crippen molar-refractivity contribution in [3.05, 3.63) is 41.2 Å². The number of carbonyl (C=O) groups excluding carboxylic acids is 1. The molecule has 1 fully saturated rings. The van der Waals surface area contributed by atoms with Gasteiger partial charge in [0.1, 0.15) is 17.7 Å². The van der Waals surface area contributed by atoms with E-state index in [1.807, 2.05) is 7.05 Å². The highest BCUT2D eigenvalue weighted by molar-refractivity contribution is 6.00. The molecule has 1 aromatic rings. The Morgan fingerprint density at radius 2 is 1.85 bits per heavy atom. The van der Waals surface area contributed by atoms with Gasteiger partial charge < -0.3 is 19.1 Å². The van der Waals surface area contributed by atoms with Gasteiger partial charge in [0.15, 0.2) is 17.3 Å². The van der Waals surface area contributed by atoms with Crippen LogP contribution in [0.1, 0.15) is 18.4 Å². The molecule has 3 aliphatic rings. The van der Waals surface area contributed by atoms with Crippen LogP contribution in [0.5, 0.6) is 17.2 Å². The Balaban J connectivity index is 1.80. The molecule has 0 aromatic heterocycles. The average molecular weight is 373 g/mol. The molecular formula is C21H24FNO4. The monoisotopic (exact) mass is 373 g/mol. The number of piperidine rings is 1. The first-order valence-electron chi connectivity index (χ1n) is 9.20. The summed E-state index contributed by atoms with van der Waals surface area (Å²) in [4.78, 5) is 15.4. The molecule has 2 aliphatic heterocycles. The first kappa shape index (κ1) is 18.0. The Morgan fingerprint density at radius 3 is 2.52 bits per heavy atom. The van der Waals surface area contributed by atoms with Crippen molar-refractivity contribution in [1.29, 1.82) is 0 Å². The van der Waals surface area contributed by atoms with Crippen molar-refractivity contribution in [2.75, 3.05) is 34.4 Å². The second-order valence-electron chi connectivity index (χ2n) is 7.48. The normalized spacial score (nSPS) is 24.1. The molecule has 2 heterocycles. The number of ether oxygens (including phenoxy) is 3. The Kier molecular flexibility index (Phi) is 4.46. The first-order chi connectivity index (χ1) is 13.0. The zero-order valence-corrected chi connectivity index (χ0v) is 15.9. The zero-order valence-electron chi connectivity index (χ0n) is 15.9. The van der Waals surface area contributed by atoms with Crippen molar-refractivity contribution < 1.29 is 23.4 Å². The number of fused-ring (bicyclic) bond motifs is 2. The summed E-state index contributed by atoms with van der Waals surface area (Å²) in [7, 11) is 5.13. The summed E-state index contributed by atoms with van der Waals surface area (Å²) in [6.45, 7) is 1.51.